The van der Waals surface area contributed by atoms with Crippen LogP contribution < -0.4 is 10.1 Å². The molecule has 0 aliphatic rings. The summed E-state index contributed by atoms with van der Waals surface area (Å²) in [6.07, 6.45) is 1.91. The number of halogens is 1. The van der Waals surface area contributed by atoms with Gasteiger partial charge in [0.1, 0.15) is 12.4 Å². The quantitative estimate of drug-likeness (QED) is 0.762. The zero-order valence-corrected chi connectivity index (χ0v) is 11.8. The monoisotopic (exact) mass is 265 g/mol. The van der Waals surface area contributed by atoms with Crippen LogP contribution in [-0.4, -0.2) is 19.2 Å². The van der Waals surface area contributed by atoms with Gasteiger partial charge in [-0.05, 0) is 38.1 Å². The van der Waals surface area contributed by atoms with E-state index in [2.05, 4.69) is 24.1 Å². The second-order valence-electron chi connectivity index (χ2n) is 4.05. The minimum atomic E-state index is 0.261. The van der Waals surface area contributed by atoms with Gasteiger partial charge in [-0.25, -0.2) is 0 Å². The molecule has 2 nitrogen and oxygen atoms in total. The van der Waals surface area contributed by atoms with Gasteiger partial charge in [-0.2, -0.15) is 0 Å². The molecule has 3 heteroatoms. The van der Waals surface area contributed by atoms with Gasteiger partial charge in [0.05, 0.1) is 6.04 Å². The molecule has 1 atom stereocenters. The first-order chi connectivity index (χ1) is 8.76. The maximum absolute atomic E-state index is 5.91. The summed E-state index contributed by atoms with van der Waals surface area (Å²) in [6, 6.07) is 7.72. The van der Waals surface area contributed by atoms with Gasteiger partial charge in [0.2, 0.25) is 0 Å². The Kier molecular flexibility index (Phi) is 7.32. The van der Waals surface area contributed by atoms with Crippen molar-refractivity contribution < 1.29 is 4.74 Å². The molecule has 0 spiro atoms. The summed E-state index contributed by atoms with van der Waals surface area (Å²) in [5, 5.41) is 4.12. The van der Waals surface area contributed by atoms with E-state index >= 15 is 0 Å². The van der Waals surface area contributed by atoms with Crippen LogP contribution in [0, 0.1) is 11.8 Å². The van der Waals surface area contributed by atoms with Crippen molar-refractivity contribution >= 4 is 11.6 Å². The minimum Gasteiger partial charge on any atom is -0.492 e. The zero-order valence-electron chi connectivity index (χ0n) is 11.0. The lowest BCUT2D eigenvalue weighted by molar-refractivity contribution is 0.266. The fourth-order valence-corrected chi connectivity index (χ4v) is 1.70. The van der Waals surface area contributed by atoms with E-state index in [1.165, 1.54) is 0 Å². The number of benzene rings is 1. The Bertz CT molecular complexity index is 408. The van der Waals surface area contributed by atoms with Gasteiger partial charge in [0.15, 0.2) is 0 Å². The van der Waals surface area contributed by atoms with Gasteiger partial charge < -0.3 is 10.1 Å². The van der Waals surface area contributed by atoms with Crippen LogP contribution in [0.5, 0.6) is 5.75 Å². The van der Waals surface area contributed by atoms with Crippen LogP contribution in [0.15, 0.2) is 24.3 Å². The van der Waals surface area contributed by atoms with Gasteiger partial charge in [-0.15, -0.1) is 11.8 Å². The molecule has 0 radical (unpaired) electrons. The fraction of sp³-hybridized carbons (Fsp3) is 0.467. The summed E-state index contributed by atoms with van der Waals surface area (Å²) in [4.78, 5) is 0. The third kappa shape index (κ3) is 5.95. The predicted octanol–water partition coefficient (Wildman–Crippen LogP) is 3.50. The van der Waals surface area contributed by atoms with Crippen LogP contribution in [0.3, 0.4) is 0 Å². The van der Waals surface area contributed by atoms with Crippen LogP contribution in [0.25, 0.3) is 0 Å². The van der Waals surface area contributed by atoms with Crippen molar-refractivity contribution in [3.63, 3.8) is 0 Å². The maximum atomic E-state index is 5.91. The van der Waals surface area contributed by atoms with E-state index in [-0.39, 0.29) is 6.04 Å². The topological polar surface area (TPSA) is 21.3 Å². The Morgan fingerprint density at radius 2 is 2.28 bits per heavy atom. The molecule has 18 heavy (non-hydrogen) atoms. The lowest BCUT2D eigenvalue weighted by Crippen LogP contribution is -2.34. The molecule has 0 aliphatic carbocycles. The zero-order chi connectivity index (χ0) is 13.2. The van der Waals surface area contributed by atoms with Crippen LogP contribution in [0.4, 0.5) is 0 Å². The van der Waals surface area contributed by atoms with Crippen molar-refractivity contribution in [1.29, 1.82) is 0 Å². The summed E-state index contributed by atoms with van der Waals surface area (Å²) in [7, 11) is 0. The van der Waals surface area contributed by atoms with E-state index in [0.717, 1.165) is 25.1 Å². The highest BCUT2D eigenvalue weighted by Crippen LogP contribution is 2.17. The molecule has 1 aromatic carbocycles. The molecule has 0 aromatic heterocycles. The van der Waals surface area contributed by atoms with Gasteiger partial charge in [-0.3, -0.25) is 0 Å². The molecule has 0 aliphatic heterocycles. The second kappa shape index (κ2) is 8.85. The third-order valence-corrected chi connectivity index (χ3v) is 2.69. The molecule has 1 aromatic rings. The van der Waals surface area contributed by atoms with Crippen LogP contribution in [-0.2, 0) is 0 Å². The fourth-order valence-electron chi connectivity index (χ4n) is 1.52. The molecule has 1 unspecified atom stereocenters. The SMILES string of the molecule is CC#CCC(COc1cccc(Cl)c1)NCCC. The average molecular weight is 266 g/mol. The van der Waals surface area contributed by atoms with Gasteiger partial charge in [0, 0.05) is 11.4 Å². The molecule has 0 saturated heterocycles. The Morgan fingerprint density at radius 3 is 2.94 bits per heavy atom. The second-order valence-corrected chi connectivity index (χ2v) is 4.49. The highest BCUT2D eigenvalue weighted by atomic mass is 35.5. The molecule has 0 heterocycles. The lowest BCUT2D eigenvalue weighted by atomic mass is 10.2. The smallest absolute Gasteiger partial charge is 0.120 e. The largest absolute Gasteiger partial charge is 0.492 e. The lowest BCUT2D eigenvalue weighted by Gasteiger charge is -2.17. The minimum absolute atomic E-state index is 0.261. The summed E-state index contributed by atoms with van der Waals surface area (Å²) < 4.78 is 5.73. The van der Waals surface area contributed by atoms with Crippen molar-refractivity contribution in [2.24, 2.45) is 0 Å². The number of hydrogen-bond donors (Lipinski definition) is 1. The van der Waals surface area contributed by atoms with Crippen molar-refractivity contribution in [1.82, 2.24) is 5.32 Å². The van der Waals surface area contributed by atoms with Gasteiger partial charge >= 0.3 is 0 Å². The summed E-state index contributed by atoms with van der Waals surface area (Å²) in [5.41, 5.74) is 0. The number of ether oxygens (including phenoxy) is 1. The molecule has 98 valence electrons. The number of rotatable bonds is 7. The van der Waals surface area contributed by atoms with E-state index < -0.39 is 0 Å². The molecule has 0 saturated carbocycles. The summed E-state index contributed by atoms with van der Waals surface area (Å²) in [5.74, 6) is 6.80. The van der Waals surface area contributed by atoms with E-state index in [4.69, 9.17) is 16.3 Å². The molecule has 0 amide bonds. The Morgan fingerprint density at radius 1 is 1.44 bits per heavy atom. The van der Waals surface area contributed by atoms with Crippen molar-refractivity contribution in [2.45, 2.75) is 32.7 Å². The highest BCUT2D eigenvalue weighted by molar-refractivity contribution is 6.30. The summed E-state index contributed by atoms with van der Waals surface area (Å²) >= 11 is 5.91. The first-order valence-electron chi connectivity index (χ1n) is 6.27. The average Bonchev–Trinajstić information content (AvgIpc) is 2.38. The standard InChI is InChI=1S/C15H20ClNO/c1-3-5-8-14(17-10-4-2)12-18-15-9-6-7-13(16)11-15/h6-7,9,11,14,17H,4,8,10,12H2,1-2H3. The number of hydrogen-bond acceptors (Lipinski definition) is 2. The normalized spacial score (nSPS) is 11.5. The molecule has 0 fully saturated rings. The predicted molar refractivity (Wildman–Crippen MR) is 77.1 cm³/mol. The molecule has 0 bridgehead atoms. The Labute approximate surface area is 115 Å². The van der Waals surface area contributed by atoms with E-state index in [1.54, 1.807) is 0 Å². The highest BCUT2D eigenvalue weighted by Gasteiger charge is 2.07. The molecule has 1 rings (SSSR count). The van der Waals surface area contributed by atoms with Gasteiger partial charge in [0.25, 0.3) is 0 Å². The van der Waals surface area contributed by atoms with Crippen LogP contribution in [0.2, 0.25) is 5.02 Å². The van der Waals surface area contributed by atoms with Crippen molar-refractivity contribution in [3.05, 3.63) is 29.3 Å². The van der Waals surface area contributed by atoms with E-state index in [1.807, 2.05) is 31.2 Å². The van der Waals surface area contributed by atoms with E-state index in [0.29, 0.717) is 11.6 Å². The first-order valence-corrected chi connectivity index (χ1v) is 6.65. The Balaban J connectivity index is 2.46. The van der Waals surface area contributed by atoms with Crippen LogP contribution >= 0.6 is 11.6 Å². The molecular formula is C15H20ClNO. The van der Waals surface area contributed by atoms with Crippen molar-refractivity contribution in [3.8, 4) is 17.6 Å². The Hall–Kier alpha value is -1.17. The van der Waals surface area contributed by atoms with E-state index in [9.17, 15) is 0 Å². The maximum Gasteiger partial charge on any atom is 0.120 e. The van der Waals surface area contributed by atoms with Crippen LogP contribution in [0.1, 0.15) is 26.7 Å². The summed E-state index contributed by atoms with van der Waals surface area (Å²) in [6.45, 7) is 5.59. The van der Waals surface area contributed by atoms with Crippen molar-refractivity contribution in [2.75, 3.05) is 13.2 Å². The third-order valence-electron chi connectivity index (χ3n) is 2.46. The molecule has 1 N–H and O–H groups in total. The number of nitrogens with one attached hydrogen (secondary N) is 1. The molecular weight excluding hydrogens is 246 g/mol. The van der Waals surface area contributed by atoms with Gasteiger partial charge in [-0.1, -0.05) is 24.6 Å². The first kappa shape index (κ1) is 14.9.